The molecule has 1 spiro atoms. The Morgan fingerprint density at radius 1 is 0.958 bits per heavy atom. The fourth-order valence-corrected chi connectivity index (χ4v) is 3.71. The van der Waals surface area contributed by atoms with Crippen molar-refractivity contribution in [2.75, 3.05) is 31.1 Å². The number of ether oxygens (including phenoxy) is 1. The fraction of sp³-hybridized carbons (Fsp3) is 0.350. The summed E-state index contributed by atoms with van der Waals surface area (Å²) in [6, 6.07) is 20.4. The third-order valence-electron chi connectivity index (χ3n) is 4.96. The Kier molecular flexibility index (Phi) is 4.08. The molecule has 4 rings (SSSR count). The van der Waals surface area contributed by atoms with Gasteiger partial charge in [0.2, 0.25) is 0 Å². The molecule has 1 atom stereocenters. The lowest BCUT2D eigenvalue weighted by molar-refractivity contribution is -0.137. The first kappa shape index (κ1) is 15.4. The first-order valence-electron chi connectivity index (χ1n) is 8.50. The summed E-state index contributed by atoms with van der Waals surface area (Å²) in [6.45, 7) is 3.63. The maximum Gasteiger partial charge on any atom is 0.253 e. The van der Waals surface area contributed by atoms with Gasteiger partial charge in [0.25, 0.3) is 5.91 Å². The lowest BCUT2D eigenvalue weighted by Gasteiger charge is -2.40. The molecule has 0 aromatic heterocycles. The average molecular weight is 322 g/mol. The van der Waals surface area contributed by atoms with Crippen LogP contribution in [-0.2, 0) is 16.1 Å². The molecule has 124 valence electrons. The van der Waals surface area contributed by atoms with E-state index in [4.69, 9.17) is 4.74 Å². The first-order valence-corrected chi connectivity index (χ1v) is 8.50. The van der Waals surface area contributed by atoms with Gasteiger partial charge in [0.05, 0.1) is 6.54 Å². The highest BCUT2D eigenvalue weighted by Crippen LogP contribution is 2.32. The third kappa shape index (κ3) is 3.07. The van der Waals surface area contributed by atoms with E-state index in [9.17, 15) is 4.79 Å². The quantitative estimate of drug-likeness (QED) is 0.871. The Morgan fingerprint density at radius 2 is 1.67 bits per heavy atom. The Labute approximate surface area is 142 Å². The van der Waals surface area contributed by atoms with Crippen LogP contribution in [0.1, 0.15) is 12.0 Å². The summed E-state index contributed by atoms with van der Waals surface area (Å²) in [5.74, 6) is 0.0494. The summed E-state index contributed by atoms with van der Waals surface area (Å²) < 4.78 is 6.03. The third-order valence-corrected chi connectivity index (χ3v) is 4.96. The lowest BCUT2D eigenvalue weighted by atomic mass is 10.00. The molecule has 2 aliphatic heterocycles. The van der Waals surface area contributed by atoms with Gasteiger partial charge < -0.3 is 9.64 Å². The molecule has 2 fully saturated rings. The van der Waals surface area contributed by atoms with E-state index in [1.807, 2.05) is 41.3 Å². The van der Waals surface area contributed by atoms with E-state index in [-0.39, 0.29) is 18.1 Å². The standard InChI is InChI=1S/C20H22N2O2/c23-19-14-24-20(16-22(19)18-9-5-2-6-10-18)11-12-21(15-20)13-17-7-3-1-4-8-17/h1-10H,11-16H2/t20-/m1/s1. The van der Waals surface area contributed by atoms with Crippen LogP contribution in [0, 0.1) is 0 Å². The summed E-state index contributed by atoms with van der Waals surface area (Å²) >= 11 is 0. The molecule has 0 N–H and O–H groups in total. The van der Waals surface area contributed by atoms with Gasteiger partial charge in [-0.2, -0.15) is 0 Å². The maximum absolute atomic E-state index is 12.3. The summed E-state index contributed by atoms with van der Waals surface area (Å²) in [6.07, 6.45) is 0.969. The van der Waals surface area contributed by atoms with Gasteiger partial charge in [0, 0.05) is 25.3 Å². The zero-order valence-electron chi connectivity index (χ0n) is 13.7. The molecule has 2 aliphatic rings. The number of hydrogen-bond acceptors (Lipinski definition) is 3. The molecule has 0 unspecified atom stereocenters. The molecule has 4 heteroatoms. The molecule has 0 radical (unpaired) electrons. The number of rotatable bonds is 3. The number of benzene rings is 2. The first-order chi connectivity index (χ1) is 11.7. The van der Waals surface area contributed by atoms with Crippen LogP contribution in [0.3, 0.4) is 0 Å². The Morgan fingerprint density at radius 3 is 2.42 bits per heavy atom. The SMILES string of the molecule is O=C1CO[C@@]2(CCN(Cc3ccccc3)C2)CN1c1ccccc1. The number of hydrogen-bond donors (Lipinski definition) is 0. The molecule has 0 bridgehead atoms. The molecule has 2 saturated heterocycles. The second-order valence-electron chi connectivity index (χ2n) is 6.73. The van der Waals surface area contributed by atoms with Crippen LogP contribution >= 0.6 is 0 Å². The van der Waals surface area contributed by atoms with Crippen LogP contribution in [0.5, 0.6) is 0 Å². The number of carbonyl (C=O) groups excluding carboxylic acids is 1. The zero-order chi connectivity index (χ0) is 16.4. The minimum Gasteiger partial charge on any atom is -0.362 e. The predicted molar refractivity (Wildman–Crippen MR) is 93.8 cm³/mol. The van der Waals surface area contributed by atoms with Crippen molar-refractivity contribution in [2.45, 2.75) is 18.6 Å². The van der Waals surface area contributed by atoms with E-state index >= 15 is 0 Å². The minimum absolute atomic E-state index is 0.0494. The number of nitrogens with zero attached hydrogens (tertiary/aromatic N) is 2. The van der Waals surface area contributed by atoms with E-state index in [1.54, 1.807) is 0 Å². The molecule has 24 heavy (non-hydrogen) atoms. The van der Waals surface area contributed by atoms with E-state index in [0.29, 0.717) is 6.54 Å². The van der Waals surface area contributed by atoms with E-state index < -0.39 is 0 Å². The number of morpholine rings is 1. The molecular weight excluding hydrogens is 300 g/mol. The summed E-state index contributed by atoms with van der Waals surface area (Å²) in [7, 11) is 0. The van der Waals surface area contributed by atoms with Crippen molar-refractivity contribution in [3.05, 3.63) is 66.2 Å². The van der Waals surface area contributed by atoms with E-state index in [2.05, 4.69) is 29.2 Å². The summed E-state index contributed by atoms with van der Waals surface area (Å²) in [5.41, 5.74) is 2.05. The zero-order valence-corrected chi connectivity index (χ0v) is 13.7. The van der Waals surface area contributed by atoms with Gasteiger partial charge in [-0.15, -0.1) is 0 Å². The number of amides is 1. The molecule has 2 heterocycles. The average Bonchev–Trinajstić information content (AvgIpc) is 3.01. The Hall–Kier alpha value is -2.17. The monoisotopic (exact) mass is 322 g/mol. The van der Waals surface area contributed by atoms with Crippen molar-refractivity contribution in [2.24, 2.45) is 0 Å². The second kappa shape index (κ2) is 6.38. The minimum atomic E-state index is -0.238. The molecule has 2 aromatic rings. The van der Waals surface area contributed by atoms with Crippen LogP contribution < -0.4 is 4.90 Å². The number of para-hydroxylation sites is 1. The largest absolute Gasteiger partial charge is 0.362 e. The number of carbonyl (C=O) groups is 1. The van der Waals surface area contributed by atoms with Gasteiger partial charge in [-0.3, -0.25) is 9.69 Å². The molecule has 4 nitrogen and oxygen atoms in total. The summed E-state index contributed by atoms with van der Waals surface area (Å²) in [4.78, 5) is 16.6. The van der Waals surface area contributed by atoms with Crippen molar-refractivity contribution < 1.29 is 9.53 Å². The van der Waals surface area contributed by atoms with E-state index in [0.717, 1.165) is 31.7 Å². The molecule has 2 aromatic carbocycles. The number of anilines is 1. The van der Waals surface area contributed by atoms with Crippen molar-refractivity contribution in [3.63, 3.8) is 0 Å². The fourth-order valence-electron chi connectivity index (χ4n) is 3.71. The van der Waals surface area contributed by atoms with Crippen LogP contribution in [0.15, 0.2) is 60.7 Å². The number of likely N-dealkylation sites (tertiary alicyclic amines) is 1. The van der Waals surface area contributed by atoms with Crippen LogP contribution in [0.4, 0.5) is 5.69 Å². The van der Waals surface area contributed by atoms with Crippen LogP contribution in [-0.4, -0.2) is 42.6 Å². The van der Waals surface area contributed by atoms with Gasteiger partial charge in [-0.1, -0.05) is 48.5 Å². The summed E-state index contributed by atoms with van der Waals surface area (Å²) in [5, 5.41) is 0. The highest BCUT2D eigenvalue weighted by atomic mass is 16.5. The van der Waals surface area contributed by atoms with Crippen molar-refractivity contribution >= 4 is 11.6 Å². The van der Waals surface area contributed by atoms with Gasteiger partial charge in [0.1, 0.15) is 12.2 Å². The van der Waals surface area contributed by atoms with Crippen molar-refractivity contribution in [1.29, 1.82) is 0 Å². The second-order valence-corrected chi connectivity index (χ2v) is 6.73. The van der Waals surface area contributed by atoms with Crippen LogP contribution in [0.25, 0.3) is 0 Å². The topological polar surface area (TPSA) is 32.8 Å². The van der Waals surface area contributed by atoms with Crippen molar-refractivity contribution in [1.82, 2.24) is 4.90 Å². The van der Waals surface area contributed by atoms with E-state index in [1.165, 1.54) is 5.56 Å². The highest BCUT2D eigenvalue weighted by Gasteiger charge is 2.45. The normalized spacial score (nSPS) is 24.7. The van der Waals surface area contributed by atoms with Gasteiger partial charge in [-0.25, -0.2) is 0 Å². The molecular formula is C20H22N2O2. The smallest absolute Gasteiger partial charge is 0.253 e. The predicted octanol–water partition coefficient (Wildman–Crippen LogP) is 2.69. The van der Waals surface area contributed by atoms with Gasteiger partial charge in [-0.05, 0) is 24.1 Å². The van der Waals surface area contributed by atoms with Gasteiger partial charge >= 0.3 is 0 Å². The Bertz CT molecular complexity index is 704. The molecule has 0 aliphatic carbocycles. The van der Waals surface area contributed by atoms with Gasteiger partial charge in [0.15, 0.2) is 0 Å². The highest BCUT2D eigenvalue weighted by molar-refractivity contribution is 5.95. The molecule has 1 amide bonds. The van der Waals surface area contributed by atoms with Crippen molar-refractivity contribution in [3.8, 4) is 0 Å². The van der Waals surface area contributed by atoms with Crippen LogP contribution in [0.2, 0.25) is 0 Å². The maximum atomic E-state index is 12.3. The Balaban J connectivity index is 1.47. The molecule has 0 saturated carbocycles. The lowest BCUT2D eigenvalue weighted by Crippen LogP contribution is -2.56.